The molecule has 31 heavy (non-hydrogen) atoms. The molecule has 0 atom stereocenters. The van der Waals surface area contributed by atoms with E-state index in [1.54, 1.807) is 24.3 Å². The van der Waals surface area contributed by atoms with Crippen molar-refractivity contribution in [3.8, 4) is 17.2 Å². The maximum Gasteiger partial charge on any atom is 0.311 e. The molecule has 0 aliphatic heterocycles. The predicted octanol–water partition coefficient (Wildman–Crippen LogP) is 5.23. The van der Waals surface area contributed by atoms with Gasteiger partial charge in [-0.2, -0.15) is 0 Å². The zero-order chi connectivity index (χ0) is 22.0. The van der Waals surface area contributed by atoms with Gasteiger partial charge in [-0.05, 0) is 60.5 Å². The first-order chi connectivity index (χ1) is 15.0. The Hall–Kier alpha value is -4.20. The van der Waals surface area contributed by atoms with Crippen LogP contribution in [0.2, 0.25) is 0 Å². The number of hydrogen-bond donors (Lipinski definition) is 1. The van der Waals surface area contributed by atoms with Gasteiger partial charge in [-0.1, -0.05) is 13.0 Å². The Labute approximate surface area is 177 Å². The number of amides is 1. The number of oxazole rings is 1. The van der Waals surface area contributed by atoms with Crippen molar-refractivity contribution < 1.29 is 18.9 Å². The number of methoxy groups -OCH3 is 1. The topological polar surface area (TPSA) is 108 Å². The number of nitro groups is 1. The molecule has 0 fully saturated rings. The third-order valence-electron chi connectivity index (χ3n) is 4.89. The number of fused-ring (bicyclic) bond motifs is 1. The Morgan fingerprint density at radius 3 is 2.58 bits per heavy atom. The molecule has 1 aromatic heterocycles. The van der Waals surface area contributed by atoms with Crippen LogP contribution >= 0.6 is 0 Å². The Bertz CT molecular complexity index is 1280. The van der Waals surface area contributed by atoms with Gasteiger partial charge in [0.1, 0.15) is 5.52 Å². The van der Waals surface area contributed by atoms with Gasteiger partial charge in [-0.25, -0.2) is 4.98 Å². The molecule has 0 spiro atoms. The lowest BCUT2D eigenvalue weighted by molar-refractivity contribution is -0.385. The summed E-state index contributed by atoms with van der Waals surface area (Å²) in [5, 5.41) is 13.9. The first-order valence-electron chi connectivity index (χ1n) is 9.62. The molecule has 0 bridgehead atoms. The van der Waals surface area contributed by atoms with Crippen molar-refractivity contribution in [2.45, 2.75) is 13.3 Å². The van der Waals surface area contributed by atoms with E-state index in [1.807, 2.05) is 18.2 Å². The normalized spacial score (nSPS) is 10.8. The molecule has 156 valence electrons. The Morgan fingerprint density at radius 2 is 1.90 bits per heavy atom. The zero-order valence-electron chi connectivity index (χ0n) is 16.9. The summed E-state index contributed by atoms with van der Waals surface area (Å²) >= 11 is 0. The summed E-state index contributed by atoms with van der Waals surface area (Å²) in [5.41, 5.74) is 3.89. The molecule has 1 heterocycles. The van der Waals surface area contributed by atoms with E-state index < -0.39 is 10.8 Å². The van der Waals surface area contributed by atoms with Gasteiger partial charge in [0, 0.05) is 22.9 Å². The molecule has 4 rings (SSSR count). The quantitative estimate of drug-likeness (QED) is 0.340. The first-order valence-corrected chi connectivity index (χ1v) is 9.62. The van der Waals surface area contributed by atoms with E-state index >= 15 is 0 Å². The molecule has 8 nitrogen and oxygen atoms in total. The third kappa shape index (κ3) is 4.09. The summed E-state index contributed by atoms with van der Waals surface area (Å²) in [6.45, 7) is 2.08. The zero-order valence-corrected chi connectivity index (χ0v) is 16.9. The van der Waals surface area contributed by atoms with Gasteiger partial charge in [0.15, 0.2) is 11.3 Å². The standard InChI is InChI=1S/C23H19N3O5/c1-3-14-4-10-20-18(12-14)25-23(31-20)15-5-8-17(9-6-15)24-22(27)16-7-11-21(30-2)19(13-16)26(28)29/h4-13H,3H2,1-2H3,(H,24,27). The second kappa shape index (κ2) is 8.27. The minimum absolute atomic E-state index is 0.0929. The highest BCUT2D eigenvalue weighted by molar-refractivity contribution is 6.05. The SMILES string of the molecule is CCc1ccc2oc(-c3ccc(NC(=O)c4ccc(OC)c([N+](=O)[O-])c4)cc3)nc2c1. The molecule has 3 aromatic carbocycles. The summed E-state index contributed by atoms with van der Waals surface area (Å²) in [6, 6.07) is 17.0. The highest BCUT2D eigenvalue weighted by Gasteiger charge is 2.18. The van der Waals surface area contributed by atoms with E-state index in [1.165, 1.54) is 30.9 Å². The van der Waals surface area contributed by atoms with Crippen molar-refractivity contribution in [1.82, 2.24) is 4.98 Å². The molecule has 1 N–H and O–H groups in total. The number of aryl methyl sites for hydroxylation is 1. The first kappa shape index (κ1) is 20.1. The van der Waals surface area contributed by atoms with Crippen LogP contribution in [0.3, 0.4) is 0 Å². The highest BCUT2D eigenvalue weighted by Crippen LogP contribution is 2.29. The minimum atomic E-state index is -0.589. The molecule has 1 amide bonds. The number of carbonyl (C=O) groups excluding carboxylic acids is 1. The van der Waals surface area contributed by atoms with Crippen molar-refractivity contribution in [2.75, 3.05) is 12.4 Å². The Morgan fingerprint density at radius 1 is 1.13 bits per heavy atom. The molecule has 4 aromatic rings. The number of carbonyl (C=O) groups is 1. The maximum atomic E-state index is 12.5. The van der Waals surface area contributed by atoms with Crippen LogP contribution in [0.4, 0.5) is 11.4 Å². The fourth-order valence-electron chi connectivity index (χ4n) is 3.19. The van der Waals surface area contributed by atoms with Gasteiger partial charge in [-0.3, -0.25) is 14.9 Å². The Kier molecular flexibility index (Phi) is 5.36. The molecule has 0 aliphatic rings. The number of anilines is 1. The van der Waals surface area contributed by atoms with Gasteiger partial charge in [0.05, 0.1) is 12.0 Å². The Balaban J connectivity index is 1.53. The van der Waals surface area contributed by atoms with Gasteiger partial charge >= 0.3 is 5.69 Å². The maximum absolute atomic E-state index is 12.5. The van der Waals surface area contributed by atoms with Crippen LogP contribution in [0, 0.1) is 10.1 Å². The molecular formula is C23H19N3O5. The largest absolute Gasteiger partial charge is 0.490 e. The summed E-state index contributed by atoms with van der Waals surface area (Å²) in [7, 11) is 1.34. The predicted molar refractivity (Wildman–Crippen MR) is 116 cm³/mol. The van der Waals surface area contributed by atoms with Gasteiger partial charge in [0.25, 0.3) is 5.91 Å². The number of nitrogens with one attached hydrogen (secondary N) is 1. The van der Waals surface area contributed by atoms with Crippen LogP contribution in [0.15, 0.2) is 65.1 Å². The number of ether oxygens (including phenoxy) is 1. The van der Waals surface area contributed by atoms with Crippen molar-refractivity contribution in [3.05, 3.63) is 81.9 Å². The third-order valence-corrected chi connectivity index (χ3v) is 4.89. The van der Waals surface area contributed by atoms with Crippen molar-refractivity contribution in [2.24, 2.45) is 0 Å². The van der Waals surface area contributed by atoms with Gasteiger partial charge < -0.3 is 14.5 Å². The molecular weight excluding hydrogens is 398 g/mol. The fraction of sp³-hybridized carbons (Fsp3) is 0.130. The van der Waals surface area contributed by atoms with E-state index in [9.17, 15) is 14.9 Å². The van der Waals surface area contributed by atoms with Crippen LogP contribution < -0.4 is 10.1 Å². The second-order valence-electron chi connectivity index (χ2n) is 6.85. The highest BCUT2D eigenvalue weighted by atomic mass is 16.6. The van der Waals surface area contributed by atoms with E-state index in [0.29, 0.717) is 17.2 Å². The van der Waals surface area contributed by atoms with Crippen molar-refractivity contribution >= 4 is 28.4 Å². The fourth-order valence-corrected chi connectivity index (χ4v) is 3.19. The van der Waals surface area contributed by atoms with Crippen molar-refractivity contribution in [3.63, 3.8) is 0 Å². The van der Waals surface area contributed by atoms with E-state index in [2.05, 4.69) is 17.2 Å². The lowest BCUT2D eigenvalue weighted by atomic mass is 10.1. The summed E-state index contributed by atoms with van der Waals surface area (Å²) in [4.78, 5) is 27.6. The van der Waals surface area contributed by atoms with Crippen LogP contribution in [0.5, 0.6) is 5.75 Å². The number of nitro benzene ring substituents is 1. The average molecular weight is 417 g/mol. The van der Waals surface area contributed by atoms with Crippen LogP contribution in [-0.4, -0.2) is 22.9 Å². The number of hydrogen-bond acceptors (Lipinski definition) is 6. The summed E-state index contributed by atoms with van der Waals surface area (Å²) in [5.74, 6) is 0.120. The molecule has 0 unspecified atom stereocenters. The van der Waals surface area contributed by atoms with E-state index in [4.69, 9.17) is 9.15 Å². The van der Waals surface area contributed by atoms with Crippen LogP contribution in [-0.2, 0) is 6.42 Å². The lowest BCUT2D eigenvalue weighted by Gasteiger charge is -2.07. The van der Waals surface area contributed by atoms with E-state index in [-0.39, 0.29) is 17.0 Å². The average Bonchev–Trinajstić information content (AvgIpc) is 3.22. The number of rotatable bonds is 6. The van der Waals surface area contributed by atoms with Gasteiger partial charge in [0.2, 0.25) is 5.89 Å². The monoisotopic (exact) mass is 417 g/mol. The number of aromatic nitrogens is 1. The summed E-state index contributed by atoms with van der Waals surface area (Å²) in [6.07, 6.45) is 0.921. The lowest BCUT2D eigenvalue weighted by Crippen LogP contribution is -2.12. The molecule has 0 radical (unpaired) electrons. The summed E-state index contributed by atoms with van der Waals surface area (Å²) < 4.78 is 10.8. The molecule has 0 saturated heterocycles. The molecule has 0 aliphatic carbocycles. The van der Waals surface area contributed by atoms with Crippen molar-refractivity contribution in [1.29, 1.82) is 0 Å². The number of benzene rings is 3. The number of nitrogens with zero attached hydrogens (tertiary/aromatic N) is 2. The minimum Gasteiger partial charge on any atom is -0.490 e. The van der Waals surface area contributed by atoms with Gasteiger partial charge in [-0.15, -0.1) is 0 Å². The van der Waals surface area contributed by atoms with E-state index in [0.717, 1.165) is 17.5 Å². The van der Waals surface area contributed by atoms with Crippen LogP contribution in [0.25, 0.3) is 22.6 Å². The second-order valence-corrected chi connectivity index (χ2v) is 6.85. The smallest absolute Gasteiger partial charge is 0.311 e. The molecule has 8 heteroatoms. The molecule has 0 saturated carbocycles. The van der Waals surface area contributed by atoms with Crippen LogP contribution in [0.1, 0.15) is 22.8 Å².